The molecule has 0 amide bonds. The van der Waals surface area contributed by atoms with Crippen LogP contribution < -0.4 is 5.56 Å². The number of hydrogen-bond acceptors (Lipinski definition) is 7. The van der Waals surface area contributed by atoms with Gasteiger partial charge < -0.3 is 9.47 Å². The Kier molecular flexibility index (Phi) is 6.65. The third kappa shape index (κ3) is 4.27. The Hall–Kier alpha value is -3.02. The van der Waals surface area contributed by atoms with Gasteiger partial charge in [-0.2, -0.15) is 5.26 Å². The number of methoxy groups -OCH3 is 1. The number of fused-ring (bicyclic) bond motifs is 1. The molecule has 1 aromatic carbocycles. The average molecular weight is 426 g/mol. The van der Waals surface area contributed by atoms with E-state index in [4.69, 9.17) is 19.7 Å². The van der Waals surface area contributed by atoms with Crippen LogP contribution in [0.5, 0.6) is 0 Å². The molecule has 2 aromatic heterocycles. The van der Waals surface area contributed by atoms with E-state index >= 15 is 0 Å². The quantitative estimate of drug-likeness (QED) is 0.424. The minimum absolute atomic E-state index is 0.000704. The van der Waals surface area contributed by atoms with Gasteiger partial charge in [-0.05, 0) is 30.2 Å². The number of hydrogen-bond donors (Lipinski definition) is 0. The molecule has 0 fully saturated rings. The van der Waals surface area contributed by atoms with Gasteiger partial charge in [0.25, 0.3) is 5.56 Å². The maximum atomic E-state index is 13.4. The standard InChI is InChI=1S/C22H23N3O4S/c1-13(2)19-24-20-17(14(3)18(30-20)22(27)29-9-8-28-4)21(26)25(19)12-16-7-5-6-15(10-16)11-23/h5-7,10,13H,8-9,12H2,1-4H3. The summed E-state index contributed by atoms with van der Waals surface area (Å²) < 4.78 is 11.8. The Morgan fingerprint density at radius 1 is 1.33 bits per heavy atom. The highest BCUT2D eigenvalue weighted by atomic mass is 32.1. The molecule has 0 radical (unpaired) electrons. The number of carbonyl (C=O) groups is 1. The summed E-state index contributed by atoms with van der Waals surface area (Å²) in [6, 6.07) is 9.28. The SMILES string of the molecule is COCCOC(=O)c1sc2nc(C(C)C)n(Cc3cccc(C#N)c3)c(=O)c2c1C. The number of benzene rings is 1. The van der Waals surface area contributed by atoms with E-state index in [1.165, 1.54) is 18.4 Å². The Labute approximate surface area is 178 Å². The summed E-state index contributed by atoms with van der Waals surface area (Å²) in [6.07, 6.45) is 0. The van der Waals surface area contributed by atoms with Crippen molar-refractivity contribution in [3.05, 3.63) is 62.0 Å². The number of ether oxygens (including phenoxy) is 2. The highest BCUT2D eigenvalue weighted by Gasteiger charge is 2.23. The summed E-state index contributed by atoms with van der Waals surface area (Å²) >= 11 is 1.17. The lowest BCUT2D eigenvalue weighted by atomic mass is 10.1. The molecule has 0 bridgehead atoms. The largest absolute Gasteiger partial charge is 0.459 e. The van der Waals surface area contributed by atoms with Gasteiger partial charge in [-0.1, -0.05) is 26.0 Å². The fourth-order valence-electron chi connectivity index (χ4n) is 3.23. The number of nitrogens with zero attached hydrogens (tertiary/aromatic N) is 3. The van der Waals surface area contributed by atoms with Crippen molar-refractivity contribution in [2.75, 3.05) is 20.3 Å². The van der Waals surface area contributed by atoms with E-state index in [0.717, 1.165) is 5.56 Å². The second kappa shape index (κ2) is 9.20. The summed E-state index contributed by atoms with van der Waals surface area (Å²) in [5.74, 6) is 0.155. The summed E-state index contributed by atoms with van der Waals surface area (Å²) in [5.41, 5.74) is 1.75. The highest BCUT2D eigenvalue weighted by Crippen LogP contribution is 2.29. The molecule has 0 aliphatic rings. The predicted molar refractivity (Wildman–Crippen MR) is 115 cm³/mol. The maximum absolute atomic E-state index is 13.4. The zero-order valence-corrected chi connectivity index (χ0v) is 18.2. The molecule has 0 saturated heterocycles. The molecule has 8 heteroatoms. The van der Waals surface area contributed by atoms with Crippen LogP contribution in [0.15, 0.2) is 29.1 Å². The molecular formula is C22H23N3O4S. The molecule has 0 unspecified atom stereocenters. The van der Waals surface area contributed by atoms with E-state index in [2.05, 4.69) is 6.07 Å². The van der Waals surface area contributed by atoms with Crippen LogP contribution in [0.25, 0.3) is 10.2 Å². The molecule has 0 atom stereocenters. The molecule has 2 heterocycles. The van der Waals surface area contributed by atoms with Crippen molar-refractivity contribution in [2.45, 2.75) is 33.2 Å². The number of esters is 1. The first kappa shape index (κ1) is 21.7. The van der Waals surface area contributed by atoms with Gasteiger partial charge >= 0.3 is 5.97 Å². The predicted octanol–water partition coefficient (Wildman–Crippen LogP) is 3.61. The number of thiophene rings is 1. The monoisotopic (exact) mass is 425 g/mol. The number of aromatic nitrogens is 2. The Bertz CT molecular complexity index is 1190. The summed E-state index contributed by atoms with van der Waals surface area (Å²) in [4.78, 5) is 31.5. The molecule has 7 nitrogen and oxygen atoms in total. The Morgan fingerprint density at radius 3 is 2.77 bits per heavy atom. The highest BCUT2D eigenvalue weighted by molar-refractivity contribution is 7.20. The van der Waals surface area contributed by atoms with Gasteiger partial charge in [0, 0.05) is 13.0 Å². The Balaban J connectivity index is 2.11. The van der Waals surface area contributed by atoms with E-state index in [0.29, 0.717) is 45.2 Å². The molecule has 0 N–H and O–H groups in total. The van der Waals surface area contributed by atoms with E-state index in [9.17, 15) is 9.59 Å². The molecule has 3 aromatic rings. The van der Waals surface area contributed by atoms with Crippen LogP contribution in [0.2, 0.25) is 0 Å². The molecule has 0 aliphatic heterocycles. The molecule has 0 spiro atoms. The van der Waals surface area contributed by atoms with Crippen LogP contribution >= 0.6 is 11.3 Å². The van der Waals surface area contributed by atoms with Gasteiger partial charge in [-0.3, -0.25) is 9.36 Å². The first-order chi connectivity index (χ1) is 14.4. The molecule has 3 rings (SSSR count). The van der Waals surface area contributed by atoms with E-state index in [1.807, 2.05) is 19.9 Å². The summed E-state index contributed by atoms with van der Waals surface area (Å²) in [5, 5.41) is 9.58. The van der Waals surface area contributed by atoms with E-state index < -0.39 is 5.97 Å². The number of aryl methyl sites for hydroxylation is 1. The lowest BCUT2D eigenvalue weighted by Crippen LogP contribution is -2.26. The van der Waals surface area contributed by atoms with Crippen LogP contribution in [0.1, 0.15) is 52.0 Å². The van der Waals surface area contributed by atoms with E-state index in [1.54, 1.807) is 29.7 Å². The first-order valence-electron chi connectivity index (χ1n) is 9.56. The summed E-state index contributed by atoms with van der Waals surface area (Å²) in [7, 11) is 1.53. The number of carbonyl (C=O) groups excluding carboxylic acids is 1. The van der Waals surface area contributed by atoms with Gasteiger partial charge in [-0.15, -0.1) is 11.3 Å². The van der Waals surface area contributed by atoms with E-state index in [-0.39, 0.29) is 18.1 Å². The van der Waals surface area contributed by atoms with Crippen LogP contribution in [0, 0.1) is 18.3 Å². The van der Waals surface area contributed by atoms with Crippen molar-refractivity contribution >= 4 is 27.5 Å². The third-order valence-corrected chi connectivity index (χ3v) is 5.86. The molecule has 30 heavy (non-hydrogen) atoms. The van der Waals surface area contributed by atoms with Crippen molar-refractivity contribution in [3.63, 3.8) is 0 Å². The summed E-state index contributed by atoms with van der Waals surface area (Å²) in [6.45, 7) is 6.43. The van der Waals surface area contributed by atoms with Crippen molar-refractivity contribution < 1.29 is 14.3 Å². The lowest BCUT2D eigenvalue weighted by Gasteiger charge is -2.15. The fourth-order valence-corrected chi connectivity index (χ4v) is 4.30. The number of rotatable bonds is 7. The van der Waals surface area contributed by atoms with Crippen molar-refractivity contribution in [2.24, 2.45) is 0 Å². The zero-order chi connectivity index (χ0) is 21.8. The minimum Gasteiger partial charge on any atom is -0.459 e. The van der Waals surface area contributed by atoms with Gasteiger partial charge in [0.2, 0.25) is 0 Å². The van der Waals surface area contributed by atoms with Crippen LogP contribution in [0.4, 0.5) is 0 Å². The van der Waals surface area contributed by atoms with Crippen molar-refractivity contribution in [1.29, 1.82) is 5.26 Å². The first-order valence-corrected chi connectivity index (χ1v) is 10.4. The smallest absolute Gasteiger partial charge is 0.348 e. The van der Waals surface area contributed by atoms with Crippen molar-refractivity contribution in [1.82, 2.24) is 9.55 Å². The molecule has 0 aliphatic carbocycles. The second-order valence-corrected chi connectivity index (χ2v) is 8.19. The second-order valence-electron chi connectivity index (χ2n) is 7.19. The van der Waals surface area contributed by atoms with Gasteiger partial charge in [0.05, 0.1) is 30.2 Å². The lowest BCUT2D eigenvalue weighted by molar-refractivity contribution is 0.0393. The van der Waals surface area contributed by atoms with Gasteiger partial charge in [-0.25, -0.2) is 9.78 Å². The number of nitriles is 1. The normalized spacial score (nSPS) is 11.1. The third-order valence-electron chi connectivity index (χ3n) is 4.70. The fraction of sp³-hybridized carbons (Fsp3) is 0.364. The topological polar surface area (TPSA) is 94.2 Å². The van der Waals surface area contributed by atoms with Crippen LogP contribution in [0.3, 0.4) is 0 Å². The molecular weight excluding hydrogens is 402 g/mol. The van der Waals surface area contributed by atoms with Gasteiger partial charge in [0.15, 0.2) is 0 Å². The Morgan fingerprint density at radius 2 is 2.10 bits per heavy atom. The van der Waals surface area contributed by atoms with Crippen molar-refractivity contribution in [3.8, 4) is 6.07 Å². The average Bonchev–Trinajstić information content (AvgIpc) is 3.06. The minimum atomic E-state index is -0.480. The molecule has 156 valence electrons. The van der Waals surface area contributed by atoms with Gasteiger partial charge in [0.1, 0.15) is 22.1 Å². The van der Waals surface area contributed by atoms with Crippen LogP contribution in [-0.2, 0) is 16.0 Å². The zero-order valence-electron chi connectivity index (χ0n) is 17.4. The van der Waals surface area contributed by atoms with Crippen LogP contribution in [-0.4, -0.2) is 35.8 Å². The molecule has 0 saturated carbocycles. The maximum Gasteiger partial charge on any atom is 0.348 e.